The van der Waals surface area contributed by atoms with E-state index in [1.165, 1.54) is 25.7 Å². The predicted octanol–water partition coefficient (Wildman–Crippen LogP) is 3.01. The van der Waals surface area contributed by atoms with Gasteiger partial charge in [-0.2, -0.15) is 0 Å². The Morgan fingerprint density at radius 3 is 2.60 bits per heavy atom. The zero-order valence-electron chi connectivity index (χ0n) is 12.8. The molecule has 2 rings (SSSR count). The van der Waals surface area contributed by atoms with Gasteiger partial charge in [0.2, 0.25) is 0 Å². The predicted molar refractivity (Wildman–Crippen MR) is 80.2 cm³/mol. The van der Waals surface area contributed by atoms with E-state index in [-0.39, 0.29) is 0 Å². The van der Waals surface area contributed by atoms with Gasteiger partial charge in [0.1, 0.15) is 0 Å². The summed E-state index contributed by atoms with van der Waals surface area (Å²) >= 11 is 0. The van der Waals surface area contributed by atoms with Crippen LogP contribution in [0.1, 0.15) is 38.3 Å². The molecule has 0 radical (unpaired) electrons. The molecule has 1 aromatic rings. The van der Waals surface area contributed by atoms with Crippen LogP contribution in [0.5, 0.6) is 11.5 Å². The van der Waals surface area contributed by atoms with E-state index in [9.17, 15) is 0 Å². The lowest BCUT2D eigenvalue weighted by Gasteiger charge is -2.26. The van der Waals surface area contributed by atoms with E-state index in [1.54, 1.807) is 20.4 Å². The second-order valence-corrected chi connectivity index (χ2v) is 5.75. The van der Waals surface area contributed by atoms with Gasteiger partial charge in [-0.1, -0.05) is 19.8 Å². The SMILES string of the molecule is COc1ccnc(CNCC2CCC(C)CC2)c1OC. The van der Waals surface area contributed by atoms with Crippen LogP contribution >= 0.6 is 0 Å². The molecule has 20 heavy (non-hydrogen) atoms. The molecule has 0 bridgehead atoms. The fraction of sp³-hybridized carbons (Fsp3) is 0.688. The van der Waals surface area contributed by atoms with Gasteiger partial charge in [-0.05, 0) is 31.2 Å². The molecular formula is C16H26N2O2. The zero-order chi connectivity index (χ0) is 14.4. The second kappa shape index (κ2) is 7.48. The third kappa shape index (κ3) is 3.85. The van der Waals surface area contributed by atoms with Gasteiger partial charge in [0.05, 0.1) is 19.9 Å². The molecule has 4 nitrogen and oxygen atoms in total. The van der Waals surface area contributed by atoms with Crippen LogP contribution in [0.15, 0.2) is 12.3 Å². The first kappa shape index (κ1) is 15.1. The zero-order valence-corrected chi connectivity index (χ0v) is 12.8. The molecule has 0 aromatic carbocycles. The first-order chi connectivity index (χ1) is 9.74. The fourth-order valence-corrected chi connectivity index (χ4v) is 2.90. The second-order valence-electron chi connectivity index (χ2n) is 5.75. The summed E-state index contributed by atoms with van der Waals surface area (Å²) in [6.07, 6.45) is 7.19. The minimum atomic E-state index is 0.729. The molecule has 112 valence electrons. The van der Waals surface area contributed by atoms with E-state index in [1.807, 2.05) is 6.07 Å². The number of rotatable bonds is 6. The van der Waals surface area contributed by atoms with Crippen molar-refractivity contribution in [3.63, 3.8) is 0 Å². The maximum absolute atomic E-state index is 5.40. The summed E-state index contributed by atoms with van der Waals surface area (Å²) in [7, 11) is 3.31. The van der Waals surface area contributed by atoms with E-state index >= 15 is 0 Å². The molecule has 0 aliphatic heterocycles. The van der Waals surface area contributed by atoms with Gasteiger partial charge in [0, 0.05) is 18.8 Å². The molecule has 1 aliphatic rings. The lowest BCUT2D eigenvalue weighted by atomic mass is 9.83. The van der Waals surface area contributed by atoms with Crippen molar-refractivity contribution < 1.29 is 9.47 Å². The van der Waals surface area contributed by atoms with Gasteiger partial charge in [0.15, 0.2) is 11.5 Å². The summed E-state index contributed by atoms with van der Waals surface area (Å²) in [5.74, 6) is 3.19. The normalized spacial score (nSPS) is 22.6. The number of ether oxygens (including phenoxy) is 2. The van der Waals surface area contributed by atoms with E-state index in [0.717, 1.165) is 42.1 Å². The molecule has 1 aromatic heterocycles. The van der Waals surface area contributed by atoms with Crippen LogP contribution in [0.3, 0.4) is 0 Å². The third-order valence-electron chi connectivity index (χ3n) is 4.23. The summed E-state index contributed by atoms with van der Waals surface area (Å²) in [4.78, 5) is 4.39. The first-order valence-corrected chi connectivity index (χ1v) is 7.51. The van der Waals surface area contributed by atoms with Crippen LogP contribution in [0.25, 0.3) is 0 Å². The Hall–Kier alpha value is -1.29. The molecule has 1 aliphatic carbocycles. The molecule has 4 heteroatoms. The van der Waals surface area contributed by atoms with Gasteiger partial charge in [-0.15, -0.1) is 0 Å². The molecule has 1 heterocycles. The average Bonchev–Trinajstić information content (AvgIpc) is 2.49. The molecule has 1 fully saturated rings. The van der Waals surface area contributed by atoms with Crippen LogP contribution in [0.2, 0.25) is 0 Å². The molecule has 1 saturated carbocycles. The number of aromatic nitrogens is 1. The van der Waals surface area contributed by atoms with Crippen molar-refractivity contribution in [1.29, 1.82) is 0 Å². The van der Waals surface area contributed by atoms with Crippen molar-refractivity contribution in [2.45, 2.75) is 39.2 Å². The Morgan fingerprint density at radius 2 is 1.95 bits per heavy atom. The van der Waals surface area contributed by atoms with Gasteiger partial charge in [0.25, 0.3) is 0 Å². The standard InChI is InChI=1S/C16H26N2O2/c1-12-4-6-13(7-5-12)10-17-11-14-16(20-3)15(19-2)8-9-18-14/h8-9,12-13,17H,4-7,10-11H2,1-3H3. The van der Waals surface area contributed by atoms with Crippen LogP contribution in [-0.4, -0.2) is 25.7 Å². The number of nitrogens with zero attached hydrogens (tertiary/aromatic N) is 1. The third-order valence-corrected chi connectivity index (χ3v) is 4.23. The Kier molecular flexibility index (Phi) is 5.65. The number of hydrogen-bond donors (Lipinski definition) is 1. The van der Waals surface area contributed by atoms with Crippen molar-refractivity contribution in [2.24, 2.45) is 11.8 Å². The molecule has 0 atom stereocenters. The topological polar surface area (TPSA) is 43.4 Å². The lowest BCUT2D eigenvalue weighted by Crippen LogP contribution is -2.26. The highest BCUT2D eigenvalue weighted by atomic mass is 16.5. The van der Waals surface area contributed by atoms with Crippen molar-refractivity contribution >= 4 is 0 Å². The highest BCUT2D eigenvalue weighted by Crippen LogP contribution is 2.30. The molecule has 0 amide bonds. The Bertz CT molecular complexity index is 415. The average molecular weight is 278 g/mol. The molecule has 0 unspecified atom stereocenters. The van der Waals surface area contributed by atoms with Crippen molar-refractivity contribution in [3.8, 4) is 11.5 Å². The minimum absolute atomic E-state index is 0.729. The van der Waals surface area contributed by atoms with Crippen LogP contribution in [0, 0.1) is 11.8 Å². The van der Waals surface area contributed by atoms with E-state index in [0.29, 0.717) is 0 Å². The van der Waals surface area contributed by atoms with Gasteiger partial charge in [-0.3, -0.25) is 4.98 Å². The van der Waals surface area contributed by atoms with Crippen molar-refractivity contribution in [2.75, 3.05) is 20.8 Å². The molecule has 1 N–H and O–H groups in total. The summed E-state index contributed by atoms with van der Waals surface area (Å²) < 4.78 is 10.7. The minimum Gasteiger partial charge on any atom is -0.493 e. The largest absolute Gasteiger partial charge is 0.493 e. The maximum atomic E-state index is 5.40. The first-order valence-electron chi connectivity index (χ1n) is 7.51. The summed E-state index contributed by atoms with van der Waals surface area (Å²) in [6.45, 7) is 4.15. The highest BCUT2D eigenvalue weighted by molar-refractivity contribution is 5.42. The van der Waals surface area contributed by atoms with Gasteiger partial charge in [-0.25, -0.2) is 0 Å². The van der Waals surface area contributed by atoms with Crippen LogP contribution in [0.4, 0.5) is 0 Å². The van der Waals surface area contributed by atoms with E-state index < -0.39 is 0 Å². The highest BCUT2D eigenvalue weighted by Gasteiger charge is 2.18. The van der Waals surface area contributed by atoms with Crippen molar-refractivity contribution in [3.05, 3.63) is 18.0 Å². The Labute approximate surface area is 121 Å². The number of methoxy groups -OCH3 is 2. The van der Waals surface area contributed by atoms with Crippen LogP contribution in [-0.2, 0) is 6.54 Å². The van der Waals surface area contributed by atoms with Gasteiger partial charge < -0.3 is 14.8 Å². The summed E-state index contributed by atoms with van der Waals surface area (Å²) in [5, 5.41) is 3.51. The smallest absolute Gasteiger partial charge is 0.183 e. The van der Waals surface area contributed by atoms with E-state index in [2.05, 4.69) is 17.2 Å². The Balaban J connectivity index is 1.85. The summed E-state index contributed by atoms with van der Waals surface area (Å²) in [5.41, 5.74) is 0.913. The number of hydrogen-bond acceptors (Lipinski definition) is 4. The summed E-state index contributed by atoms with van der Waals surface area (Å²) in [6, 6.07) is 1.82. The number of pyridine rings is 1. The Morgan fingerprint density at radius 1 is 1.20 bits per heavy atom. The van der Waals surface area contributed by atoms with Crippen molar-refractivity contribution in [1.82, 2.24) is 10.3 Å². The quantitative estimate of drug-likeness (QED) is 0.868. The monoisotopic (exact) mass is 278 g/mol. The number of nitrogens with one attached hydrogen (secondary N) is 1. The molecular weight excluding hydrogens is 252 g/mol. The lowest BCUT2D eigenvalue weighted by molar-refractivity contribution is 0.280. The van der Waals surface area contributed by atoms with Gasteiger partial charge >= 0.3 is 0 Å². The molecule has 0 spiro atoms. The van der Waals surface area contributed by atoms with E-state index in [4.69, 9.17) is 9.47 Å². The van der Waals surface area contributed by atoms with Crippen LogP contribution < -0.4 is 14.8 Å². The molecule has 0 saturated heterocycles. The maximum Gasteiger partial charge on any atom is 0.183 e. The fourth-order valence-electron chi connectivity index (χ4n) is 2.90.